The van der Waals surface area contributed by atoms with Crippen LogP contribution in [-0.4, -0.2) is 44.8 Å². The fourth-order valence-electron chi connectivity index (χ4n) is 3.57. The third-order valence-electron chi connectivity index (χ3n) is 5.59. The van der Waals surface area contributed by atoms with E-state index in [0.717, 1.165) is 15.4 Å². The SMILES string of the molecule is CNC(=O)[C@H](C)N(Cc1ccccc1)C(=O)CN(c1cccc(Cl)c1)S(=O)(=O)c1ccc(C)cc1. The van der Waals surface area contributed by atoms with Gasteiger partial charge in [0.05, 0.1) is 10.6 Å². The maximum absolute atomic E-state index is 13.7. The van der Waals surface area contributed by atoms with Gasteiger partial charge in [-0.3, -0.25) is 13.9 Å². The summed E-state index contributed by atoms with van der Waals surface area (Å²) < 4.78 is 28.4. The Morgan fingerprint density at radius 2 is 1.63 bits per heavy atom. The molecule has 35 heavy (non-hydrogen) atoms. The van der Waals surface area contributed by atoms with E-state index in [4.69, 9.17) is 11.6 Å². The van der Waals surface area contributed by atoms with Crippen LogP contribution in [0.2, 0.25) is 5.02 Å². The number of halogens is 1. The average Bonchev–Trinajstić information content (AvgIpc) is 2.85. The first-order chi connectivity index (χ1) is 16.6. The molecule has 3 aromatic carbocycles. The molecule has 3 rings (SSSR count). The van der Waals surface area contributed by atoms with Gasteiger partial charge in [-0.1, -0.05) is 65.7 Å². The lowest BCUT2D eigenvalue weighted by Crippen LogP contribution is -2.50. The number of likely N-dealkylation sites (N-methyl/N-ethyl adjacent to an activating group) is 1. The molecule has 0 aliphatic carbocycles. The van der Waals surface area contributed by atoms with Crippen molar-refractivity contribution in [3.05, 3.63) is 95.0 Å². The Morgan fingerprint density at radius 1 is 0.971 bits per heavy atom. The molecule has 3 aromatic rings. The average molecular weight is 514 g/mol. The van der Waals surface area contributed by atoms with Crippen molar-refractivity contribution in [3.8, 4) is 0 Å². The number of nitrogens with zero attached hydrogens (tertiary/aromatic N) is 2. The normalized spacial score (nSPS) is 12.0. The summed E-state index contributed by atoms with van der Waals surface area (Å²) >= 11 is 6.15. The number of aryl methyl sites for hydroxylation is 1. The minimum absolute atomic E-state index is 0.0461. The van der Waals surface area contributed by atoms with Crippen LogP contribution in [0.3, 0.4) is 0 Å². The smallest absolute Gasteiger partial charge is 0.264 e. The van der Waals surface area contributed by atoms with Crippen molar-refractivity contribution in [2.24, 2.45) is 0 Å². The maximum Gasteiger partial charge on any atom is 0.264 e. The highest BCUT2D eigenvalue weighted by Gasteiger charge is 2.32. The molecule has 0 aliphatic rings. The lowest BCUT2D eigenvalue weighted by atomic mass is 10.1. The highest BCUT2D eigenvalue weighted by atomic mass is 35.5. The van der Waals surface area contributed by atoms with Crippen molar-refractivity contribution < 1.29 is 18.0 Å². The highest BCUT2D eigenvalue weighted by Crippen LogP contribution is 2.27. The van der Waals surface area contributed by atoms with Crippen LogP contribution >= 0.6 is 11.6 Å². The molecule has 1 atom stereocenters. The van der Waals surface area contributed by atoms with Crippen molar-refractivity contribution >= 4 is 39.1 Å². The second-order valence-electron chi connectivity index (χ2n) is 8.10. The summed E-state index contributed by atoms with van der Waals surface area (Å²) in [6, 6.07) is 21.1. The van der Waals surface area contributed by atoms with E-state index in [9.17, 15) is 18.0 Å². The number of hydrogen-bond donors (Lipinski definition) is 1. The number of amides is 2. The molecular formula is C26H28ClN3O4S. The molecule has 0 unspecified atom stereocenters. The molecule has 0 saturated carbocycles. The van der Waals surface area contributed by atoms with Gasteiger partial charge in [0.15, 0.2) is 0 Å². The van der Waals surface area contributed by atoms with Crippen molar-refractivity contribution in [2.75, 3.05) is 17.9 Å². The molecule has 0 spiro atoms. The van der Waals surface area contributed by atoms with Crippen molar-refractivity contribution in [1.82, 2.24) is 10.2 Å². The number of nitrogens with one attached hydrogen (secondary N) is 1. The van der Waals surface area contributed by atoms with Gasteiger partial charge in [0.25, 0.3) is 10.0 Å². The van der Waals surface area contributed by atoms with E-state index in [1.807, 2.05) is 37.3 Å². The Morgan fingerprint density at radius 3 is 2.23 bits per heavy atom. The summed E-state index contributed by atoms with van der Waals surface area (Å²) in [6.07, 6.45) is 0. The molecular weight excluding hydrogens is 486 g/mol. The predicted molar refractivity (Wildman–Crippen MR) is 138 cm³/mol. The molecule has 2 amide bonds. The lowest BCUT2D eigenvalue weighted by molar-refractivity contribution is -0.139. The van der Waals surface area contributed by atoms with Crippen LogP contribution < -0.4 is 9.62 Å². The molecule has 7 nitrogen and oxygen atoms in total. The third-order valence-corrected chi connectivity index (χ3v) is 7.62. The first kappa shape index (κ1) is 26.2. The van der Waals surface area contributed by atoms with Gasteiger partial charge in [-0.25, -0.2) is 8.42 Å². The lowest BCUT2D eigenvalue weighted by Gasteiger charge is -2.31. The molecule has 0 aromatic heterocycles. The summed E-state index contributed by atoms with van der Waals surface area (Å²) in [5.41, 5.74) is 1.97. The maximum atomic E-state index is 13.7. The van der Waals surface area contributed by atoms with Crippen molar-refractivity contribution in [3.63, 3.8) is 0 Å². The van der Waals surface area contributed by atoms with Gasteiger partial charge in [-0.05, 0) is 49.7 Å². The molecule has 9 heteroatoms. The van der Waals surface area contributed by atoms with Crippen LogP contribution in [0.25, 0.3) is 0 Å². The number of benzene rings is 3. The van der Waals surface area contributed by atoms with Crippen LogP contribution in [0.1, 0.15) is 18.1 Å². The summed E-state index contributed by atoms with van der Waals surface area (Å²) in [4.78, 5) is 27.5. The van der Waals surface area contributed by atoms with Gasteiger partial charge in [0.2, 0.25) is 11.8 Å². The van der Waals surface area contributed by atoms with Crippen LogP contribution in [-0.2, 0) is 26.2 Å². The van der Waals surface area contributed by atoms with Crippen LogP contribution in [0, 0.1) is 6.92 Å². The standard InChI is InChI=1S/C26H28ClN3O4S/c1-19-12-14-24(15-13-19)35(33,34)30(23-11-7-10-22(27)16-23)18-25(31)29(20(2)26(32)28-3)17-21-8-5-4-6-9-21/h4-16,20H,17-18H2,1-3H3,(H,28,32)/t20-/m0/s1. The quantitative estimate of drug-likeness (QED) is 0.468. The van der Waals surface area contributed by atoms with Crippen molar-refractivity contribution in [2.45, 2.75) is 31.3 Å². The van der Waals surface area contributed by atoms with Gasteiger partial charge in [-0.2, -0.15) is 0 Å². The molecule has 0 bridgehead atoms. The summed E-state index contributed by atoms with van der Waals surface area (Å²) in [5, 5.41) is 2.89. The Kier molecular flexibility index (Phi) is 8.53. The Bertz CT molecular complexity index is 1280. The molecule has 1 N–H and O–H groups in total. The second kappa shape index (κ2) is 11.4. The number of carbonyl (C=O) groups is 2. The second-order valence-corrected chi connectivity index (χ2v) is 10.4. The molecule has 0 fully saturated rings. The zero-order valence-corrected chi connectivity index (χ0v) is 21.4. The molecule has 0 saturated heterocycles. The first-order valence-corrected chi connectivity index (χ1v) is 12.8. The van der Waals surface area contributed by atoms with Gasteiger partial charge in [-0.15, -0.1) is 0 Å². The van der Waals surface area contributed by atoms with E-state index in [0.29, 0.717) is 5.02 Å². The van der Waals surface area contributed by atoms with Crippen molar-refractivity contribution in [1.29, 1.82) is 0 Å². The molecule has 0 heterocycles. The Labute approximate surface area is 211 Å². The number of sulfonamides is 1. The van der Waals surface area contributed by atoms with E-state index in [1.54, 1.807) is 37.3 Å². The van der Waals surface area contributed by atoms with Gasteiger partial charge < -0.3 is 10.2 Å². The fraction of sp³-hybridized carbons (Fsp3) is 0.231. The Hall–Kier alpha value is -3.36. The van der Waals surface area contributed by atoms with Gasteiger partial charge >= 0.3 is 0 Å². The number of hydrogen-bond acceptors (Lipinski definition) is 4. The monoisotopic (exact) mass is 513 g/mol. The third kappa shape index (κ3) is 6.41. The minimum atomic E-state index is -4.11. The largest absolute Gasteiger partial charge is 0.357 e. The summed E-state index contributed by atoms with van der Waals surface area (Å²) in [7, 11) is -2.62. The summed E-state index contributed by atoms with van der Waals surface area (Å²) in [6.45, 7) is 3.10. The van der Waals surface area contributed by atoms with Gasteiger partial charge in [0.1, 0.15) is 12.6 Å². The van der Waals surface area contributed by atoms with E-state index in [1.165, 1.54) is 30.1 Å². The first-order valence-electron chi connectivity index (χ1n) is 11.0. The highest BCUT2D eigenvalue weighted by molar-refractivity contribution is 7.92. The van der Waals surface area contributed by atoms with Crippen LogP contribution in [0.15, 0.2) is 83.8 Å². The van der Waals surface area contributed by atoms with E-state index < -0.39 is 28.5 Å². The molecule has 184 valence electrons. The van der Waals surface area contributed by atoms with E-state index >= 15 is 0 Å². The number of carbonyl (C=O) groups excluding carboxylic acids is 2. The minimum Gasteiger partial charge on any atom is -0.357 e. The fourth-order valence-corrected chi connectivity index (χ4v) is 5.16. The summed E-state index contributed by atoms with van der Waals surface area (Å²) in [5.74, 6) is -0.884. The topological polar surface area (TPSA) is 86.8 Å². The number of anilines is 1. The number of rotatable bonds is 9. The van der Waals surface area contributed by atoms with E-state index in [-0.39, 0.29) is 23.0 Å². The molecule has 0 radical (unpaired) electrons. The zero-order chi connectivity index (χ0) is 25.6. The van der Waals surface area contributed by atoms with Crippen LogP contribution in [0.5, 0.6) is 0 Å². The Balaban J connectivity index is 2.02. The van der Waals surface area contributed by atoms with Crippen LogP contribution in [0.4, 0.5) is 5.69 Å². The predicted octanol–water partition coefficient (Wildman–Crippen LogP) is 4.01. The zero-order valence-electron chi connectivity index (χ0n) is 19.8. The van der Waals surface area contributed by atoms with Gasteiger partial charge in [0, 0.05) is 18.6 Å². The molecule has 0 aliphatic heterocycles. The van der Waals surface area contributed by atoms with E-state index in [2.05, 4.69) is 5.32 Å².